The first-order chi connectivity index (χ1) is 9.59. The summed E-state index contributed by atoms with van der Waals surface area (Å²) < 4.78 is 0. The van der Waals surface area contributed by atoms with E-state index in [4.69, 9.17) is 0 Å². The number of hydrogen-bond donors (Lipinski definition) is 2. The van der Waals surface area contributed by atoms with E-state index in [1.54, 1.807) is 0 Å². The predicted octanol–water partition coefficient (Wildman–Crippen LogP) is 3.24. The quantitative estimate of drug-likeness (QED) is 0.811. The molecule has 0 aromatic heterocycles. The molecule has 3 nitrogen and oxygen atoms in total. The largest absolute Gasteiger partial charge is 0.351 e. The number of amides is 1. The van der Waals surface area contributed by atoms with E-state index >= 15 is 0 Å². The second-order valence-electron chi connectivity index (χ2n) is 7.13. The van der Waals surface area contributed by atoms with Gasteiger partial charge in [0.2, 0.25) is 5.91 Å². The van der Waals surface area contributed by atoms with Crippen LogP contribution in [0.5, 0.6) is 0 Å². The summed E-state index contributed by atoms with van der Waals surface area (Å²) in [6.45, 7) is 7.76. The smallest absolute Gasteiger partial charge is 0.240 e. The van der Waals surface area contributed by atoms with Gasteiger partial charge in [-0.25, -0.2) is 0 Å². The van der Waals surface area contributed by atoms with E-state index in [9.17, 15) is 4.79 Å². The van der Waals surface area contributed by atoms with Crippen LogP contribution >= 0.6 is 0 Å². The molecule has 1 amide bonds. The molecule has 1 saturated heterocycles. The highest BCUT2D eigenvalue weighted by Gasteiger charge is 2.41. The molecule has 0 aromatic carbocycles. The van der Waals surface area contributed by atoms with Gasteiger partial charge in [-0.05, 0) is 50.5 Å². The first-order valence-electron chi connectivity index (χ1n) is 8.65. The van der Waals surface area contributed by atoms with Crippen LogP contribution in [0.25, 0.3) is 0 Å². The highest BCUT2D eigenvalue weighted by molar-refractivity contribution is 5.87. The Morgan fingerprint density at radius 2 is 2.05 bits per heavy atom. The Balaban J connectivity index is 2.01. The van der Waals surface area contributed by atoms with E-state index in [-0.39, 0.29) is 11.4 Å². The molecule has 0 bridgehead atoms. The molecule has 1 heterocycles. The van der Waals surface area contributed by atoms with E-state index in [2.05, 4.69) is 31.4 Å². The Kier molecular flexibility index (Phi) is 5.48. The molecule has 3 heteroatoms. The lowest BCUT2D eigenvalue weighted by atomic mass is 9.77. The van der Waals surface area contributed by atoms with Gasteiger partial charge in [-0.2, -0.15) is 0 Å². The summed E-state index contributed by atoms with van der Waals surface area (Å²) in [7, 11) is 0. The minimum absolute atomic E-state index is 0.270. The van der Waals surface area contributed by atoms with Crippen LogP contribution in [0.15, 0.2) is 0 Å². The SMILES string of the molecule is CCCC1(C(=O)NC2CCCCC2C(C)C)CCCN1. The second kappa shape index (κ2) is 6.93. The molecule has 1 aliphatic heterocycles. The maximum Gasteiger partial charge on any atom is 0.240 e. The fraction of sp³-hybridized carbons (Fsp3) is 0.941. The normalized spacial score (nSPS) is 34.4. The van der Waals surface area contributed by atoms with Crippen LogP contribution < -0.4 is 10.6 Å². The number of nitrogens with one attached hydrogen (secondary N) is 2. The Morgan fingerprint density at radius 3 is 2.65 bits per heavy atom. The molecule has 1 saturated carbocycles. The van der Waals surface area contributed by atoms with Gasteiger partial charge in [-0.1, -0.05) is 40.0 Å². The Bertz CT molecular complexity index is 321. The van der Waals surface area contributed by atoms with Crippen molar-refractivity contribution in [2.24, 2.45) is 11.8 Å². The lowest BCUT2D eigenvalue weighted by molar-refractivity contribution is -0.129. The van der Waals surface area contributed by atoms with Crippen LogP contribution in [0.2, 0.25) is 0 Å². The summed E-state index contributed by atoms with van der Waals surface area (Å²) in [5.74, 6) is 1.60. The van der Waals surface area contributed by atoms with Crippen LogP contribution in [0.1, 0.15) is 72.1 Å². The van der Waals surface area contributed by atoms with E-state index in [0.717, 1.165) is 38.6 Å². The van der Waals surface area contributed by atoms with Crippen molar-refractivity contribution in [3.05, 3.63) is 0 Å². The standard InChI is InChI=1S/C17H32N2O/c1-4-10-17(11-7-12-18-17)16(20)19-15-9-6-5-8-14(15)13(2)3/h13-15,18H,4-12H2,1-3H3,(H,19,20). The Labute approximate surface area is 124 Å². The van der Waals surface area contributed by atoms with E-state index in [0.29, 0.717) is 17.9 Å². The van der Waals surface area contributed by atoms with Crippen LogP contribution in [0, 0.1) is 11.8 Å². The van der Waals surface area contributed by atoms with E-state index < -0.39 is 0 Å². The maximum absolute atomic E-state index is 12.8. The highest BCUT2D eigenvalue weighted by Crippen LogP contribution is 2.32. The summed E-state index contributed by atoms with van der Waals surface area (Å²) in [5, 5.41) is 6.91. The number of carbonyl (C=O) groups excluding carboxylic acids is 1. The van der Waals surface area contributed by atoms with E-state index in [1.807, 2.05) is 0 Å². The van der Waals surface area contributed by atoms with Gasteiger partial charge in [0.05, 0.1) is 5.54 Å². The van der Waals surface area contributed by atoms with Gasteiger partial charge in [0.25, 0.3) is 0 Å². The van der Waals surface area contributed by atoms with Crippen molar-refractivity contribution in [1.82, 2.24) is 10.6 Å². The van der Waals surface area contributed by atoms with Gasteiger partial charge in [-0.3, -0.25) is 4.79 Å². The summed E-state index contributed by atoms with van der Waals surface area (Å²) in [6.07, 6.45) is 9.21. The lowest BCUT2D eigenvalue weighted by Gasteiger charge is -2.38. The molecular weight excluding hydrogens is 248 g/mol. The molecule has 2 rings (SSSR count). The molecule has 3 atom stereocenters. The highest BCUT2D eigenvalue weighted by atomic mass is 16.2. The molecule has 2 N–H and O–H groups in total. The molecule has 0 aromatic rings. The van der Waals surface area contributed by atoms with Crippen molar-refractivity contribution in [2.75, 3.05) is 6.54 Å². The molecule has 2 aliphatic rings. The number of rotatable bonds is 5. The first kappa shape index (κ1) is 15.8. The van der Waals surface area contributed by atoms with Crippen LogP contribution in [0.3, 0.4) is 0 Å². The molecule has 2 fully saturated rings. The predicted molar refractivity (Wildman–Crippen MR) is 83.6 cm³/mol. The first-order valence-corrected chi connectivity index (χ1v) is 8.65. The molecule has 3 unspecified atom stereocenters. The van der Waals surface area contributed by atoms with Crippen LogP contribution in [-0.2, 0) is 4.79 Å². The average Bonchev–Trinajstić information content (AvgIpc) is 2.89. The van der Waals surface area contributed by atoms with Gasteiger partial charge in [0.15, 0.2) is 0 Å². The third-order valence-electron chi connectivity index (χ3n) is 5.35. The fourth-order valence-electron chi connectivity index (χ4n) is 4.20. The molecule has 0 spiro atoms. The zero-order valence-electron chi connectivity index (χ0n) is 13.5. The second-order valence-corrected chi connectivity index (χ2v) is 7.13. The molecule has 0 radical (unpaired) electrons. The summed E-state index contributed by atoms with van der Waals surface area (Å²) >= 11 is 0. The van der Waals surface area contributed by atoms with Crippen molar-refractivity contribution in [2.45, 2.75) is 83.7 Å². The molecule has 116 valence electrons. The molecular formula is C17H32N2O. The zero-order chi connectivity index (χ0) is 14.6. The van der Waals surface area contributed by atoms with Crippen LogP contribution in [0.4, 0.5) is 0 Å². The van der Waals surface area contributed by atoms with Gasteiger partial charge in [0.1, 0.15) is 0 Å². The Hall–Kier alpha value is -0.570. The topological polar surface area (TPSA) is 41.1 Å². The number of hydrogen-bond acceptors (Lipinski definition) is 2. The van der Waals surface area contributed by atoms with Crippen LogP contribution in [-0.4, -0.2) is 24.0 Å². The third-order valence-corrected chi connectivity index (χ3v) is 5.35. The molecule has 1 aliphatic carbocycles. The maximum atomic E-state index is 12.8. The molecule has 20 heavy (non-hydrogen) atoms. The van der Waals surface area contributed by atoms with Gasteiger partial charge in [-0.15, -0.1) is 0 Å². The average molecular weight is 280 g/mol. The fourth-order valence-corrected chi connectivity index (χ4v) is 4.20. The zero-order valence-corrected chi connectivity index (χ0v) is 13.5. The lowest BCUT2D eigenvalue weighted by Crippen LogP contribution is -2.57. The number of carbonyl (C=O) groups is 1. The van der Waals surface area contributed by atoms with E-state index in [1.165, 1.54) is 19.3 Å². The van der Waals surface area contributed by atoms with Crippen molar-refractivity contribution < 1.29 is 4.79 Å². The summed E-state index contributed by atoms with van der Waals surface area (Å²) in [5.41, 5.74) is -0.270. The minimum Gasteiger partial charge on any atom is -0.351 e. The van der Waals surface area contributed by atoms with Crippen molar-refractivity contribution >= 4 is 5.91 Å². The van der Waals surface area contributed by atoms with Gasteiger partial charge >= 0.3 is 0 Å². The van der Waals surface area contributed by atoms with Gasteiger partial charge < -0.3 is 10.6 Å². The Morgan fingerprint density at radius 1 is 1.30 bits per heavy atom. The third kappa shape index (κ3) is 3.36. The summed E-state index contributed by atoms with van der Waals surface area (Å²) in [6, 6.07) is 0.396. The van der Waals surface area contributed by atoms with Crippen molar-refractivity contribution in [3.63, 3.8) is 0 Å². The summed E-state index contributed by atoms with van der Waals surface area (Å²) in [4.78, 5) is 12.8. The van der Waals surface area contributed by atoms with Crippen molar-refractivity contribution in [1.29, 1.82) is 0 Å². The monoisotopic (exact) mass is 280 g/mol. The van der Waals surface area contributed by atoms with Gasteiger partial charge in [0, 0.05) is 6.04 Å². The minimum atomic E-state index is -0.270. The van der Waals surface area contributed by atoms with Crippen molar-refractivity contribution in [3.8, 4) is 0 Å².